The first-order valence-corrected chi connectivity index (χ1v) is 3.54. The molecule has 0 radical (unpaired) electrons. The van der Waals surface area contributed by atoms with E-state index in [9.17, 15) is 9.18 Å². The average molecular weight is 180 g/mol. The minimum absolute atomic E-state index is 0.0694. The van der Waals surface area contributed by atoms with Crippen LogP contribution in [-0.4, -0.2) is 20.7 Å². The van der Waals surface area contributed by atoms with Gasteiger partial charge in [-0.05, 0) is 12.1 Å². The second-order valence-corrected chi connectivity index (χ2v) is 2.54. The summed E-state index contributed by atoms with van der Waals surface area (Å²) in [6, 6.07) is 2.58. The molecule has 2 aromatic rings. The zero-order valence-electron chi connectivity index (χ0n) is 6.44. The third-order valence-electron chi connectivity index (χ3n) is 1.71. The highest BCUT2D eigenvalue weighted by molar-refractivity contribution is 5.95. The lowest BCUT2D eigenvalue weighted by Crippen LogP contribution is -1.95. The van der Waals surface area contributed by atoms with Crippen LogP contribution in [0.3, 0.4) is 0 Å². The van der Waals surface area contributed by atoms with Gasteiger partial charge in [-0.15, -0.1) is 0 Å². The largest absolute Gasteiger partial charge is 0.478 e. The fourth-order valence-corrected chi connectivity index (χ4v) is 1.12. The van der Waals surface area contributed by atoms with Crippen molar-refractivity contribution in [1.29, 1.82) is 0 Å². The second kappa shape index (κ2) is 2.55. The van der Waals surface area contributed by atoms with Gasteiger partial charge in [-0.2, -0.15) is 5.10 Å². The molecular formula is C8H5FN2O2. The summed E-state index contributed by atoms with van der Waals surface area (Å²) in [6.07, 6.45) is 2.32. The molecular weight excluding hydrogens is 175 g/mol. The summed E-state index contributed by atoms with van der Waals surface area (Å²) in [7, 11) is 0. The number of aromatic nitrogens is 2. The topological polar surface area (TPSA) is 54.6 Å². The quantitative estimate of drug-likeness (QED) is 0.716. The van der Waals surface area contributed by atoms with Gasteiger partial charge in [0.15, 0.2) is 0 Å². The van der Waals surface area contributed by atoms with Crippen molar-refractivity contribution >= 4 is 11.5 Å². The number of rotatable bonds is 1. The SMILES string of the molecule is O=C(O)c1cnn2cc(F)ccc12. The Morgan fingerprint density at radius 3 is 3.00 bits per heavy atom. The molecule has 0 aromatic carbocycles. The Morgan fingerprint density at radius 1 is 1.54 bits per heavy atom. The predicted molar refractivity (Wildman–Crippen MR) is 42.1 cm³/mol. The Balaban J connectivity index is 2.76. The molecule has 4 nitrogen and oxygen atoms in total. The molecule has 0 saturated heterocycles. The maximum Gasteiger partial charge on any atom is 0.339 e. The highest BCUT2D eigenvalue weighted by Gasteiger charge is 2.10. The minimum Gasteiger partial charge on any atom is -0.478 e. The van der Waals surface area contributed by atoms with Gasteiger partial charge >= 0.3 is 5.97 Å². The predicted octanol–water partition coefficient (Wildman–Crippen LogP) is 1.17. The van der Waals surface area contributed by atoms with Crippen molar-refractivity contribution in [3.05, 3.63) is 35.9 Å². The summed E-state index contributed by atoms with van der Waals surface area (Å²) in [5.41, 5.74) is 0.453. The van der Waals surface area contributed by atoms with E-state index in [2.05, 4.69) is 5.10 Å². The van der Waals surface area contributed by atoms with Crippen LogP contribution in [0.4, 0.5) is 4.39 Å². The van der Waals surface area contributed by atoms with Crippen LogP contribution in [0, 0.1) is 5.82 Å². The third-order valence-corrected chi connectivity index (χ3v) is 1.71. The number of carboxylic acids is 1. The molecule has 0 spiro atoms. The summed E-state index contributed by atoms with van der Waals surface area (Å²) in [4.78, 5) is 10.6. The van der Waals surface area contributed by atoms with Crippen LogP contribution in [0.15, 0.2) is 24.5 Å². The molecule has 0 fully saturated rings. The molecule has 0 amide bonds. The number of pyridine rings is 1. The number of aromatic carboxylic acids is 1. The summed E-state index contributed by atoms with van der Waals surface area (Å²) >= 11 is 0. The lowest BCUT2D eigenvalue weighted by atomic mass is 10.3. The zero-order chi connectivity index (χ0) is 9.42. The highest BCUT2D eigenvalue weighted by atomic mass is 19.1. The van der Waals surface area contributed by atoms with E-state index >= 15 is 0 Å². The minimum atomic E-state index is -1.07. The van der Waals surface area contributed by atoms with Crippen molar-refractivity contribution in [2.45, 2.75) is 0 Å². The van der Waals surface area contributed by atoms with E-state index in [0.717, 1.165) is 6.20 Å². The monoisotopic (exact) mass is 180 g/mol. The van der Waals surface area contributed by atoms with Crippen molar-refractivity contribution in [3.63, 3.8) is 0 Å². The summed E-state index contributed by atoms with van der Waals surface area (Å²) < 4.78 is 13.8. The first-order chi connectivity index (χ1) is 6.18. The van der Waals surface area contributed by atoms with Gasteiger partial charge in [-0.3, -0.25) is 0 Å². The number of nitrogens with zero attached hydrogens (tertiary/aromatic N) is 2. The molecule has 0 unspecified atom stereocenters. The molecule has 66 valence electrons. The van der Waals surface area contributed by atoms with Gasteiger partial charge in [0, 0.05) is 0 Å². The van der Waals surface area contributed by atoms with Crippen LogP contribution >= 0.6 is 0 Å². The molecule has 1 N–H and O–H groups in total. The van der Waals surface area contributed by atoms with Crippen LogP contribution in [0.2, 0.25) is 0 Å². The van der Waals surface area contributed by atoms with Crippen molar-refractivity contribution < 1.29 is 14.3 Å². The first kappa shape index (κ1) is 7.72. The van der Waals surface area contributed by atoms with E-state index < -0.39 is 11.8 Å². The smallest absolute Gasteiger partial charge is 0.339 e. The van der Waals surface area contributed by atoms with Crippen molar-refractivity contribution in [2.75, 3.05) is 0 Å². The van der Waals surface area contributed by atoms with Gasteiger partial charge in [0.05, 0.1) is 17.9 Å². The Hall–Kier alpha value is -1.91. The van der Waals surface area contributed by atoms with E-state index in [-0.39, 0.29) is 5.56 Å². The fourth-order valence-electron chi connectivity index (χ4n) is 1.12. The van der Waals surface area contributed by atoms with E-state index in [0.29, 0.717) is 5.52 Å². The Bertz CT molecular complexity index is 478. The summed E-state index contributed by atoms with van der Waals surface area (Å²) in [5, 5.41) is 12.4. The molecule has 5 heteroatoms. The maximum absolute atomic E-state index is 12.6. The molecule has 2 heterocycles. The second-order valence-electron chi connectivity index (χ2n) is 2.54. The Labute approximate surface area is 72.2 Å². The lowest BCUT2D eigenvalue weighted by Gasteiger charge is -1.93. The van der Waals surface area contributed by atoms with Gasteiger partial charge in [0.1, 0.15) is 11.4 Å². The molecule has 13 heavy (non-hydrogen) atoms. The molecule has 0 saturated carbocycles. The number of fused-ring (bicyclic) bond motifs is 1. The maximum atomic E-state index is 12.6. The van der Waals surface area contributed by atoms with Crippen molar-refractivity contribution in [1.82, 2.24) is 9.61 Å². The van der Waals surface area contributed by atoms with Crippen LogP contribution in [0.1, 0.15) is 10.4 Å². The third kappa shape index (κ3) is 1.14. The zero-order valence-corrected chi connectivity index (χ0v) is 6.44. The Kier molecular flexibility index (Phi) is 1.51. The van der Waals surface area contributed by atoms with Gasteiger partial charge in [0.25, 0.3) is 0 Å². The normalized spacial score (nSPS) is 10.5. The Morgan fingerprint density at radius 2 is 2.31 bits per heavy atom. The fraction of sp³-hybridized carbons (Fsp3) is 0. The van der Waals surface area contributed by atoms with Crippen molar-refractivity contribution in [3.8, 4) is 0 Å². The molecule has 0 bridgehead atoms. The molecule has 0 atom stereocenters. The van der Waals surface area contributed by atoms with Gasteiger partial charge in [0.2, 0.25) is 0 Å². The summed E-state index contributed by atoms with van der Waals surface area (Å²) in [5.74, 6) is -1.52. The molecule has 0 aliphatic heterocycles. The number of carboxylic acid groups (broad SMARTS) is 1. The average Bonchev–Trinajstić information content (AvgIpc) is 2.46. The van der Waals surface area contributed by atoms with E-state index in [1.54, 1.807) is 0 Å². The van der Waals surface area contributed by atoms with Crippen LogP contribution < -0.4 is 0 Å². The lowest BCUT2D eigenvalue weighted by molar-refractivity contribution is 0.0699. The van der Waals surface area contributed by atoms with Crippen molar-refractivity contribution in [2.24, 2.45) is 0 Å². The van der Waals surface area contributed by atoms with Gasteiger partial charge < -0.3 is 5.11 Å². The van der Waals surface area contributed by atoms with Gasteiger partial charge in [-0.25, -0.2) is 13.7 Å². The van der Waals surface area contributed by atoms with Crippen LogP contribution in [0.5, 0.6) is 0 Å². The summed E-state index contributed by atoms with van der Waals surface area (Å²) in [6.45, 7) is 0. The van der Waals surface area contributed by atoms with E-state index in [1.807, 2.05) is 0 Å². The highest BCUT2D eigenvalue weighted by Crippen LogP contribution is 2.10. The number of halogens is 1. The van der Waals surface area contributed by atoms with Gasteiger partial charge in [-0.1, -0.05) is 0 Å². The van der Waals surface area contributed by atoms with E-state index in [1.165, 1.54) is 22.8 Å². The number of hydrogen-bond donors (Lipinski definition) is 1. The molecule has 0 aliphatic carbocycles. The molecule has 0 aliphatic rings. The molecule has 2 rings (SSSR count). The van der Waals surface area contributed by atoms with E-state index in [4.69, 9.17) is 5.11 Å². The number of carbonyl (C=O) groups is 1. The first-order valence-electron chi connectivity index (χ1n) is 3.54. The van der Waals surface area contributed by atoms with Crippen LogP contribution in [-0.2, 0) is 0 Å². The number of hydrogen-bond acceptors (Lipinski definition) is 2. The van der Waals surface area contributed by atoms with Crippen LogP contribution in [0.25, 0.3) is 5.52 Å². The standard InChI is InChI=1S/C8H5FN2O2/c9-5-1-2-7-6(8(12)13)3-10-11(7)4-5/h1-4H,(H,12,13). The molecule has 2 aromatic heterocycles.